The molecule has 0 aliphatic heterocycles. The fourth-order valence-electron chi connectivity index (χ4n) is 1.24. The summed E-state index contributed by atoms with van der Waals surface area (Å²) in [6.07, 6.45) is -3.36. The summed E-state index contributed by atoms with van der Waals surface area (Å²) in [6, 6.07) is 2.52. The van der Waals surface area contributed by atoms with Crippen LogP contribution in [0.25, 0.3) is 0 Å². The van der Waals surface area contributed by atoms with Crippen LogP contribution in [0.5, 0.6) is 0 Å². The molecule has 0 aliphatic carbocycles. The van der Waals surface area contributed by atoms with Gasteiger partial charge in [0.15, 0.2) is 0 Å². The van der Waals surface area contributed by atoms with Gasteiger partial charge in [0.05, 0.1) is 19.2 Å². The summed E-state index contributed by atoms with van der Waals surface area (Å²) < 4.78 is 29.5. The van der Waals surface area contributed by atoms with Crippen LogP contribution in [-0.4, -0.2) is 18.1 Å². The number of nitrogens with one attached hydrogen (secondary N) is 1. The molecule has 1 heterocycles. The van der Waals surface area contributed by atoms with Crippen LogP contribution < -0.4 is 5.56 Å². The number of rotatable bonds is 3. The number of hydrogen-bond acceptors (Lipinski definition) is 4. The Hall–Kier alpha value is -2.23. The monoisotopic (exact) mass is 242 g/mol. The minimum Gasteiger partial charge on any atom is -0.469 e. The fourth-order valence-corrected chi connectivity index (χ4v) is 1.24. The molecule has 1 aromatic rings. The van der Waals surface area contributed by atoms with Crippen LogP contribution in [0.2, 0.25) is 0 Å². The first kappa shape index (κ1) is 12.8. The van der Waals surface area contributed by atoms with Gasteiger partial charge in [-0.05, 0) is 11.6 Å². The second kappa shape index (κ2) is 5.21. The zero-order chi connectivity index (χ0) is 13.0. The first-order chi connectivity index (χ1) is 7.99. The number of esters is 1. The van der Waals surface area contributed by atoms with Crippen molar-refractivity contribution in [3.63, 3.8) is 0 Å². The molecule has 0 spiro atoms. The fraction of sp³-hybridized carbons (Fsp3) is 0.300. The highest BCUT2D eigenvalue weighted by atomic mass is 19.3. The van der Waals surface area contributed by atoms with Gasteiger partial charge in [0.25, 0.3) is 12.0 Å². The van der Waals surface area contributed by atoms with Gasteiger partial charge in [-0.25, -0.2) is 8.78 Å². The number of carbonyl (C=O) groups excluding carboxylic acids is 1. The van der Waals surface area contributed by atoms with Crippen molar-refractivity contribution in [2.45, 2.75) is 12.8 Å². The van der Waals surface area contributed by atoms with Crippen LogP contribution in [0, 0.1) is 11.3 Å². The van der Waals surface area contributed by atoms with E-state index in [0.29, 0.717) is 0 Å². The highest BCUT2D eigenvalue weighted by Crippen LogP contribution is 2.20. The first-order valence-electron chi connectivity index (χ1n) is 4.50. The van der Waals surface area contributed by atoms with E-state index in [4.69, 9.17) is 5.26 Å². The number of aromatic amines is 1. The third kappa shape index (κ3) is 2.87. The van der Waals surface area contributed by atoms with Crippen LogP contribution in [-0.2, 0) is 16.0 Å². The molecule has 0 saturated carbocycles. The molecule has 1 rings (SSSR count). The molecular formula is C10H8F2N2O3. The van der Waals surface area contributed by atoms with E-state index in [9.17, 15) is 18.4 Å². The maximum Gasteiger partial charge on any atom is 0.310 e. The lowest BCUT2D eigenvalue weighted by Crippen LogP contribution is -2.17. The molecule has 0 saturated heterocycles. The molecule has 1 aromatic heterocycles. The highest BCUT2D eigenvalue weighted by molar-refractivity contribution is 5.72. The summed E-state index contributed by atoms with van der Waals surface area (Å²) in [4.78, 5) is 24.0. The Balaban J connectivity index is 3.30. The molecule has 0 bridgehead atoms. The van der Waals surface area contributed by atoms with Gasteiger partial charge in [-0.3, -0.25) is 9.59 Å². The number of nitriles is 1. The molecule has 0 unspecified atom stereocenters. The van der Waals surface area contributed by atoms with Gasteiger partial charge in [-0.2, -0.15) is 5.26 Å². The molecule has 7 heteroatoms. The van der Waals surface area contributed by atoms with Gasteiger partial charge >= 0.3 is 5.97 Å². The van der Waals surface area contributed by atoms with Crippen molar-refractivity contribution >= 4 is 5.97 Å². The zero-order valence-corrected chi connectivity index (χ0v) is 8.79. The Morgan fingerprint density at radius 1 is 1.65 bits per heavy atom. The van der Waals surface area contributed by atoms with Gasteiger partial charge < -0.3 is 9.72 Å². The average Bonchev–Trinajstić information content (AvgIpc) is 2.30. The molecule has 17 heavy (non-hydrogen) atoms. The third-order valence-electron chi connectivity index (χ3n) is 2.06. The lowest BCUT2D eigenvalue weighted by Gasteiger charge is -2.07. The third-order valence-corrected chi connectivity index (χ3v) is 2.06. The summed E-state index contributed by atoms with van der Waals surface area (Å²) in [5.41, 5.74) is -2.02. The van der Waals surface area contributed by atoms with Gasteiger partial charge in [0.2, 0.25) is 0 Å². The van der Waals surface area contributed by atoms with Crippen LogP contribution >= 0.6 is 0 Å². The standard InChI is InChI=1S/C10H8F2N2O3/c1-17-7(15)3-5-2-6(4-13)10(16)14-8(5)9(11)12/h2,9H,3H2,1H3,(H,14,16). The first-order valence-corrected chi connectivity index (χ1v) is 4.50. The molecular weight excluding hydrogens is 234 g/mol. The van der Waals surface area contributed by atoms with E-state index in [1.807, 2.05) is 4.98 Å². The summed E-state index contributed by atoms with van der Waals surface area (Å²) in [5.74, 6) is -0.733. The summed E-state index contributed by atoms with van der Waals surface area (Å²) in [6.45, 7) is 0. The van der Waals surface area contributed by atoms with Crippen molar-refractivity contribution in [3.8, 4) is 6.07 Å². The van der Waals surface area contributed by atoms with Crippen LogP contribution in [0.3, 0.4) is 0 Å². The quantitative estimate of drug-likeness (QED) is 0.798. The van der Waals surface area contributed by atoms with Gasteiger partial charge in [-0.1, -0.05) is 0 Å². The molecule has 0 aromatic carbocycles. The number of methoxy groups -OCH3 is 1. The smallest absolute Gasteiger partial charge is 0.310 e. The van der Waals surface area contributed by atoms with E-state index in [0.717, 1.165) is 13.2 Å². The SMILES string of the molecule is COC(=O)Cc1cc(C#N)c(=O)[nH]c1C(F)F. The molecule has 0 atom stereocenters. The molecule has 0 aliphatic rings. The largest absolute Gasteiger partial charge is 0.469 e. The minimum atomic E-state index is -2.94. The van der Waals surface area contributed by atoms with Gasteiger partial charge in [-0.15, -0.1) is 0 Å². The highest BCUT2D eigenvalue weighted by Gasteiger charge is 2.18. The summed E-state index contributed by atoms with van der Waals surface area (Å²) in [5, 5.41) is 8.59. The Labute approximate surface area is 94.6 Å². The van der Waals surface area contributed by atoms with Crippen LogP contribution in [0.1, 0.15) is 23.2 Å². The maximum atomic E-state index is 12.6. The number of H-pyrrole nitrogens is 1. The second-order valence-electron chi connectivity index (χ2n) is 3.12. The predicted octanol–water partition coefficient (Wildman–Crippen LogP) is 0.900. The number of alkyl halides is 2. The normalized spacial score (nSPS) is 10.1. The summed E-state index contributed by atoms with van der Waals surface area (Å²) in [7, 11) is 1.11. The Morgan fingerprint density at radius 3 is 2.76 bits per heavy atom. The van der Waals surface area contributed by atoms with Crippen molar-refractivity contribution in [2.24, 2.45) is 0 Å². The Bertz CT molecular complexity index is 531. The van der Waals surface area contributed by atoms with E-state index in [1.165, 1.54) is 0 Å². The number of aromatic nitrogens is 1. The molecule has 1 N–H and O–H groups in total. The Kier molecular flexibility index (Phi) is 3.93. The molecule has 90 valence electrons. The molecule has 0 radical (unpaired) electrons. The van der Waals surface area contributed by atoms with Crippen molar-refractivity contribution in [1.29, 1.82) is 5.26 Å². The van der Waals surface area contributed by atoms with Gasteiger partial charge in [0.1, 0.15) is 11.6 Å². The molecule has 5 nitrogen and oxygen atoms in total. The topological polar surface area (TPSA) is 82.9 Å². The zero-order valence-electron chi connectivity index (χ0n) is 8.79. The lowest BCUT2D eigenvalue weighted by atomic mass is 10.1. The maximum absolute atomic E-state index is 12.6. The van der Waals surface area contributed by atoms with Crippen LogP contribution in [0.15, 0.2) is 10.9 Å². The lowest BCUT2D eigenvalue weighted by molar-refractivity contribution is -0.139. The molecule has 0 fully saturated rings. The number of ether oxygens (including phenoxy) is 1. The van der Waals surface area contributed by atoms with E-state index in [1.54, 1.807) is 6.07 Å². The van der Waals surface area contributed by atoms with Gasteiger partial charge in [0, 0.05) is 0 Å². The Morgan fingerprint density at radius 2 is 2.29 bits per heavy atom. The number of nitrogens with zero attached hydrogens (tertiary/aromatic N) is 1. The number of pyridine rings is 1. The van der Waals surface area contributed by atoms with E-state index in [-0.39, 0.29) is 11.1 Å². The van der Waals surface area contributed by atoms with E-state index in [2.05, 4.69) is 4.74 Å². The van der Waals surface area contributed by atoms with Crippen molar-refractivity contribution in [3.05, 3.63) is 33.2 Å². The van der Waals surface area contributed by atoms with Crippen LogP contribution in [0.4, 0.5) is 8.78 Å². The predicted molar refractivity (Wildman–Crippen MR) is 52.5 cm³/mol. The summed E-state index contributed by atoms with van der Waals surface area (Å²) >= 11 is 0. The molecule has 0 amide bonds. The average molecular weight is 242 g/mol. The number of halogens is 2. The van der Waals surface area contributed by atoms with E-state index >= 15 is 0 Å². The van der Waals surface area contributed by atoms with E-state index < -0.39 is 30.1 Å². The van der Waals surface area contributed by atoms with Crippen molar-refractivity contribution < 1.29 is 18.3 Å². The second-order valence-corrected chi connectivity index (χ2v) is 3.12. The van der Waals surface area contributed by atoms with Crippen molar-refractivity contribution in [1.82, 2.24) is 4.98 Å². The number of carbonyl (C=O) groups is 1. The van der Waals surface area contributed by atoms with Crippen molar-refractivity contribution in [2.75, 3.05) is 7.11 Å². The minimum absolute atomic E-state index is 0.122. The number of hydrogen-bond donors (Lipinski definition) is 1.